The molecule has 0 aromatic heterocycles. The number of alkyl halides is 3. The van der Waals surface area contributed by atoms with Gasteiger partial charge in [0.2, 0.25) is 0 Å². The second-order valence-corrected chi connectivity index (χ2v) is 3.14. The van der Waals surface area contributed by atoms with E-state index in [9.17, 15) is 17.6 Å². The molecule has 17 heavy (non-hydrogen) atoms. The molecule has 0 bridgehead atoms. The summed E-state index contributed by atoms with van der Waals surface area (Å²) in [5.41, 5.74) is -2.67. The molecule has 8 heteroatoms. The number of rotatable bonds is 3. The molecule has 1 aromatic rings. The van der Waals surface area contributed by atoms with Crippen molar-refractivity contribution in [2.45, 2.75) is 13.1 Å². The summed E-state index contributed by atoms with van der Waals surface area (Å²) in [4.78, 5) is 0. The zero-order valence-corrected chi connectivity index (χ0v) is 8.75. The number of benzene rings is 1. The Labute approximate surface area is 94.8 Å². The molecule has 0 spiro atoms. The van der Waals surface area contributed by atoms with Gasteiger partial charge in [-0.3, -0.25) is 0 Å². The molecule has 0 fully saturated rings. The fraction of sp³-hybridized carbons (Fsp3) is 0.333. The topological polar surface area (TPSA) is 49.7 Å². The summed E-state index contributed by atoms with van der Waals surface area (Å²) in [6, 6.07) is 1.34. The van der Waals surface area contributed by atoms with Crippen molar-refractivity contribution in [1.29, 1.82) is 0 Å². The monoisotopic (exact) mass is 252 g/mol. The van der Waals surface area contributed by atoms with Crippen LogP contribution >= 0.6 is 0 Å². The zero-order valence-electron chi connectivity index (χ0n) is 8.75. The standard InChI is InChI=1S/C9H9BF4O3/c1-2-17-6-4-3-5(9(12,13)14)7(8(6)11)10(15)16/h3-4,15-16H,2H2,1H3. The molecular formula is C9H9BF4O3. The van der Waals surface area contributed by atoms with Crippen LogP contribution in [-0.4, -0.2) is 23.8 Å². The van der Waals surface area contributed by atoms with Crippen LogP contribution in [0.15, 0.2) is 12.1 Å². The lowest BCUT2D eigenvalue weighted by Gasteiger charge is -2.15. The summed E-state index contributed by atoms with van der Waals surface area (Å²) < 4.78 is 55.7. The highest BCUT2D eigenvalue weighted by Crippen LogP contribution is 2.30. The summed E-state index contributed by atoms with van der Waals surface area (Å²) in [6.45, 7) is 1.56. The maximum atomic E-state index is 13.6. The molecule has 0 heterocycles. The maximum Gasteiger partial charge on any atom is 0.492 e. The number of hydrogen-bond donors (Lipinski definition) is 2. The highest BCUT2D eigenvalue weighted by atomic mass is 19.4. The molecule has 0 amide bonds. The van der Waals surface area contributed by atoms with Gasteiger partial charge in [-0.25, -0.2) is 4.39 Å². The van der Waals surface area contributed by atoms with E-state index < -0.39 is 35.9 Å². The Bertz CT molecular complexity index is 406. The van der Waals surface area contributed by atoms with Crippen LogP contribution in [0, 0.1) is 5.82 Å². The van der Waals surface area contributed by atoms with Gasteiger partial charge in [0.1, 0.15) is 0 Å². The molecule has 0 radical (unpaired) electrons. The molecule has 1 rings (SSSR count). The number of halogens is 4. The Morgan fingerprint density at radius 3 is 2.29 bits per heavy atom. The minimum absolute atomic E-state index is 0.0449. The first-order valence-corrected chi connectivity index (χ1v) is 4.67. The summed E-state index contributed by atoms with van der Waals surface area (Å²) in [7, 11) is -2.56. The van der Waals surface area contributed by atoms with Gasteiger partial charge < -0.3 is 14.8 Å². The van der Waals surface area contributed by atoms with Crippen LogP contribution in [-0.2, 0) is 6.18 Å². The lowest BCUT2D eigenvalue weighted by molar-refractivity contribution is -0.137. The highest BCUT2D eigenvalue weighted by molar-refractivity contribution is 6.59. The minimum Gasteiger partial charge on any atom is -0.491 e. The van der Waals surface area contributed by atoms with E-state index in [1.165, 1.54) is 6.92 Å². The first-order chi connectivity index (χ1) is 7.79. The van der Waals surface area contributed by atoms with Crippen molar-refractivity contribution in [2.24, 2.45) is 0 Å². The summed E-state index contributed by atoms with van der Waals surface area (Å²) >= 11 is 0. The van der Waals surface area contributed by atoms with Gasteiger partial charge >= 0.3 is 13.3 Å². The van der Waals surface area contributed by atoms with Crippen molar-refractivity contribution >= 4 is 12.6 Å². The third-order valence-electron chi connectivity index (χ3n) is 2.01. The lowest BCUT2D eigenvalue weighted by atomic mass is 9.76. The van der Waals surface area contributed by atoms with Crippen molar-refractivity contribution in [1.82, 2.24) is 0 Å². The van der Waals surface area contributed by atoms with Gasteiger partial charge in [0.05, 0.1) is 12.2 Å². The quantitative estimate of drug-likeness (QED) is 0.621. The van der Waals surface area contributed by atoms with Gasteiger partial charge in [-0.2, -0.15) is 13.2 Å². The van der Waals surface area contributed by atoms with E-state index in [0.717, 1.165) is 6.07 Å². The van der Waals surface area contributed by atoms with Crippen molar-refractivity contribution in [3.05, 3.63) is 23.5 Å². The Morgan fingerprint density at radius 2 is 1.88 bits per heavy atom. The molecule has 0 aliphatic rings. The molecule has 1 aromatic carbocycles. The van der Waals surface area contributed by atoms with E-state index in [1.807, 2.05) is 0 Å². The van der Waals surface area contributed by atoms with E-state index in [1.54, 1.807) is 0 Å². The third kappa shape index (κ3) is 2.89. The third-order valence-corrected chi connectivity index (χ3v) is 2.01. The van der Waals surface area contributed by atoms with Crippen molar-refractivity contribution in [3.63, 3.8) is 0 Å². The molecule has 0 saturated carbocycles. The summed E-state index contributed by atoms with van der Waals surface area (Å²) in [5, 5.41) is 17.6. The Balaban J connectivity index is 3.40. The molecule has 3 nitrogen and oxygen atoms in total. The van der Waals surface area contributed by atoms with E-state index >= 15 is 0 Å². The second-order valence-electron chi connectivity index (χ2n) is 3.14. The Kier molecular flexibility index (Phi) is 4.00. The van der Waals surface area contributed by atoms with Crippen LogP contribution in [0.4, 0.5) is 17.6 Å². The van der Waals surface area contributed by atoms with Crippen LogP contribution in [0.3, 0.4) is 0 Å². The van der Waals surface area contributed by atoms with Crippen LogP contribution < -0.4 is 10.2 Å². The Hall–Kier alpha value is -1.28. The predicted molar refractivity (Wildman–Crippen MR) is 52.4 cm³/mol. The number of ether oxygens (including phenoxy) is 1. The maximum absolute atomic E-state index is 13.6. The first-order valence-electron chi connectivity index (χ1n) is 4.67. The van der Waals surface area contributed by atoms with Gasteiger partial charge in [0.15, 0.2) is 11.6 Å². The second kappa shape index (κ2) is 4.93. The van der Waals surface area contributed by atoms with E-state index in [-0.39, 0.29) is 6.61 Å². The first kappa shape index (κ1) is 13.8. The molecule has 0 atom stereocenters. The van der Waals surface area contributed by atoms with Gasteiger partial charge in [-0.15, -0.1) is 0 Å². The molecule has 94 valence electrons. The van der Waals surface area contributed by atoms with Crippen LogP contribution in [0.5, 0.6) is 5.75 Å². The largest absolute Gasteiger partial charge is 0.492 e. The van der Waals surface area contributed by atoms with Gasteiger partial charge in [0.25, 0.3) is 0 Å². The summed E-state index contributed by atoms with van der Waals surface area (Å²) in [5.74, 6) is -1.87. The van der Waals surface area contributed by atoms with Crippen molar-refractivity contribution in [2.75, 3.05) is 6.61 Å². The lowest BCUT2D eigenvalue weighted by Crippen LogP contribution is -2.39. The average Bonchev–Trinajstić information content (AvgIpc) is 2.18. The average molecular weight is 252 g/mol. The zero-order chi connectivity index (χ0) is 13.2. The van der Waals surface area contributed by atoms with Crippen LogP contribution in [0.1, 0.15) is 12.5 Å². The Morgan fingerprint density at radius 1 is 1.29 bits per heavy atom. The molecule has 0 unspecified atom stereocenters. The number of hydrogen-bond acceptors (Lipinski definition) is 3. The fourth-order valence-corrected chi connectivity index (χ4v) is 1.34. The minimum atomic E-state index is -4.87. The molecule has 2 N–H and O–H groups in total. The SMILES string of the molecule is CCOc1ccc(C(F)(F)F)c(B(O)O)c1F. The van der Waals surface area contributed by atoms with Gasteiger partial charge in [-0.05, 0) is 19.1 Å². The van der Waals surface area contributed by atoms with E-state index in [0.29, 0.717) is 6.07 Å². The molecule has 0 aliphatic heterocycles. The predicted octanol–water partition coefficient (Wildman–Crippen LogP) is 0.923. The summed E-state index contributed by atoms with van der Waals surface area (Å²) in [6.07, 6.45) is -4.87. The van der Waals surface area contributed by atoms with E-state index in [4.69, 9.17) is 14.8 Å². The molecular weight excluding hydrogens is 243 g/mol. The normalized spacial score (nSPS) is 11.5. The van der Waals surface area contributed by atoms with Crippen LogP contribution in [0.25, 0.3) is 0 Å². The highest BCUT2D eigenvalue weighted by Gasteiger charge is 2.39. The van der Waals surface area contributed by atoms with Crippen molar-refractivity contribution < 1.29 is 32.3 Å². The van der Waals surface area contributed by atoms with E-state index in [2.05, 4.69) is 0 Å². The smallest absolute Gasteiger partial charge is 0.491 e. The van der Waals surface area contributed by atoms with Gasteiger partial charge in [-0.1, -0.05) is 0 Å². The van der Waals surface area contributed by atoms with Gasteiger partial charge in [0, 0.05) is 5.46 Å². The van der Waals surface area contributed by atoms with Crippen molar-refractivity contribution in [3.8, 4) is 5.75 Å². The molecule has 0 saturated heterocycles. The fourth-order valence-electron chi connectivity index (χ4n) is 1.34. The molecule has 0 aliphatic carbocycles. The van der Waals surface area contributed by atoms with Crippen LogP contribution in [0.2, 0.25) is 0 Å².